The van der Waals surface area contributed by atoms with E-state index in [-0.39, 0.29) is 11.4 Å². The maximum absolute atomic E-state index is 14.2. The molecular weight excluding hydrogens is 267 g/mol. The highest BCUT2D eigenvalue weighted by Gasteiger charge is 2.45. The number of likely N-dealkylation sites (tertiary alicyclic amines) is 1. The van der Waals surface area contributed by atoms with Gasteiger partial charge >= 0.3 is 0 Å². The summed E-state index contributed by atoms with van der Waals surface area (Å²) >= 11 is 0. The number of para-hydroxylation sites is 1. The van der Waals surface area contributed by atoms with E-state index in [1.54, 1.807) is 12.1 Å². The molecule has 114 valence electrons. The van der Waals surface area contributed by atoms with E-state index in [2.05, 4.69) is 16.8 Å². The molecule has 5 heteroatoms. The lowest BCUT2D eigenvalue weighted by molar-refractivity contribution is 0.171. The summed E-state index contributed by atoms with van der Waals surface area (Å²) in [5, 5.41) is 0. The molecule has 1 fully saturated rings. The first kappa shape index (κ1) is 14.3. The van der Waals surface area contributed by atoms with Gasteiger partial charge in [0.15, 0.2) is 5.96 Å². The van der Waals surface area contributed by atoms with Crippen LogP contribution in [0.1, 0.15) is 26.2 Å². The van der Waals surface area contributed by atoms with Crippen molar-refractivity contribution in [2.24, 2.45) is 10.7 Å². The zero-order chi connectivity index (χ0) is 14.9. The van der Waals surface area contributed by atoms with Crippen molar-refractivity contribution in [3.8, 4) is 0 Å². The summed E-state index contributed by atoms with van der Waals surface area (Å²) in [5.74, 6) is 0.219. The summed E-state index contributed by atoms with van der Waals surface area (Å²) in [4.78, 5) is 8.83. The molecule has 2 aliphatic rings. The van der Waals surface area contributed by atoms with Gasteiger partial charge in [0.1, 0.15) is 5.82 Å². The molecule has 1 saturated heterocycles. The molecule has 0 bridgehead atoms. The fraction of sp³-hybridized carbons (Fsp3) is 0.562. The molecule has 2 aliphatic heterocycles. The maximum atomic E-state index is 14.2. The fourth-order valence-corrected chi connectivity index (χ4v) is 3.52. The second-order valence-corrected chi connectivity index (χ2v) is 6.03. The predicted molar refractivity (Wildman–Crippen MR) is 84.1 cm³/mol. The molecule has 0 radical (unpaired) electrons. The van der Waals surface area contributed by atoms with E-state index in [0.717, 1.165) is 32.5 Å². The number of anilines is 1. The number of nitrogens with zero attached hydrogens (tertiary/aromatic N) is 3. The van der Waals surface area contributed by atoms with Gasteiger partial charge in [0, 0.05) is 13.1 Å². The van der Waals surface area contributed by atoms with Crippen molar-refractivity contribution in [2.75, 3.05) is 31.1 Å². The molecule has 2 N–H and O–H groups in total. The van der Waals surface area contributed by atoms with Gasteiger partial charge < -0.3 is 15.5 Å². The van der Waals surface area contributed by atoms with E-state index < -0.39 is 0 Å². The molecule has 4 nitrogen and oxygen atoms in total. The normalized spacial score (nSPS) is 21.8. The van der Waals surface area contributed by atoms with Crippen LogP contribution in [0, 0.1) is 5.82 Å². The van der Waals surface area contributed by atoms with Crippen molar-refractivity contribution in [3.63, 3.8) is 0 Å². The molecule has 0 aliphatic carbocycles. The third-order valence-electron chi connectivity index (χ3n) is 4.66. The van der Waals surface area contributed by atoms with Gasteiger partial charge in [-0.1, -0.05) is 19.1 Å². The standard InChI is InChI=1S/C16H23FN4/c1-2-9-20-10-7-16(8-11-20)12-19-15(18)21(16)14-6-4-3-5-13(14)17/h3-6H,2,7-12H2,1H3,(H2,18,19). The Morgan fingerprint density at radius 3 is 2.67 bits per heavy atom. The van der Waals surface area contributed by atoms with Gasteiger partial charge in [0.05, 0.1) is 17.8 Å². The number of nitrogens with two attached hydrogens (primary N) is 1. The summed E-state index contributed by atoms with van der Waals surface area (Å²) in [7, 11) is 0. The third kappa shape index (κ3) is 2.50. The van der Waals surface area contributed by atoms with Gasteiger partial charge in [-0.25, -0.2) is 4.39 Å². The number of guanidine groups is 1. The van der Waals surface area contributed by atoms with Gasteiger partial charge in [0.25, 0.3) is 0 Å². The lowest BCUT2D eigenvalue weighted by atomic mass is 9.86. The molecule has 2 heterocycles. The smallest absolute Gasteiger partial charge is 0.196 e. The van der Waals surface area contributed by atoms with Gasteiger partial charge in [-0.05, 0) is 37.9 Å². The van der Waals surface area contributed by atoms with E-state index in [4.69, 9.17) is 5.73 Å². The van der Waals surface area contributed by atoms with Gasteiger partial charge in [-0.2, -0.15) is 0 Å². The lowest BCUT2D eigenvalue weighted by Crippen LogP contribution is -2.57. The molecule has 0 saturated carbocycles. The molecule has 0 atom stereocenters. The zero-order valence-corrected chi connectivity index (χ0v) is 12.6. The van der Waals surface area contributed by atoms with Crippen molar-refractivity contribution < 1.29 is 4.39 Å². The van der Waals surface area contributed by atoms with Gasteiger partial charge in [0.2, 0.25) is 0 Å². The van der Waals surface area contributed by atoms with Gasteiger partial charge in [-0.15, -0.1) is 0 Å². The topological polar surface area (TPSA) is 44.9 Å². The second-order valence-electron chi connectivity index (χ2n) is 6.03. The first-order chi connectivity index (χ1) is 10.2. The molecule has 3 rings (SSSR count). The Morgan fingerprint density at radius 1 is 1.29 bits per heavy atom. The van der Waals surface area contributed by atoms with E-state index in [1.165, 1.54) is 12.5 Å². The quantitative estimate of drug-likeness (QED) is 0.928. The highest BCUT2D eigenvalue weighted by Crippen LogP contribution is 2.37. The minimum atomic E-state index is -0.229. The maximum Gasteiger partial charge on any atom is 0.196 e. The van der Waals surface area contributed by atoms with Crippen molar-refractivity contribution in [1.29, 1.82) is 0 Å². The van der Waals surface area contributed by atoms with Crippen LogP contribution in [0.5, 0.6) is 0 Å². The second kappa shape index (κ2) is 5.64. The summed E-state index contributed by atoms with van der Waals surface area (Å²) in [6, 6.07) is 6.84. The molecular formula is C16H23FN4. The van der Waals surface area contributed by atoms with Crippen LogP contribution < -0.4 is 10.6 Å². The summed E-state index contributed by atoms with van der Waals surface area (Å²) < 4.78 is 14.2. The molecule has 21 heavy (non-hydrogen) atoms. The number of piperidine rings is 1. The monoisotopic (exact) mass is 290 g/mol. The van der Waals surface area contributed by atoms with E-state index in [0.29, 0.717) is 18.2 Å². The zero-order valence-electron chi connectivity index (χ0n) is 12.6. The minimum Gasteiger partial charge on any atom is -0.369 e. The van der Waals surface area contributed by atoms with Crippen molar-refractivity contribution in [1.82, 2.24) is 4.90 Å². The SMILES string of the molecule is CCCN1CCC2(CC1)CN=C(N)N2c1ccccc1F. The largest absolute Gasteiger partial charge is 0.369 e. The average Bonchev–Trinajstić information content (AvgIpc) is 2.80. The van der Waals surface area contributed by atoms with Crippen molar-refractivity contribution in [2.45, 2.75) is 31.7 Å². The molecule has 0 aromatic heterocycles. The third-order valence-corrected chi connectivity index (χ3v) is 4.66. The first-order valence-corrected chi connectivity index (χ1v) is 7.73. The minimum absolute atomic E-state index is 0.142. The predicted octanol–water partition coefficient (Wildman–Crippen LogP) is 2.21. The van der Waals surface area contributed by atoms with Crippen LogP contribution >= 0.6 is 0 Å². The number of halogens is 1. The number of benzene rings is 1. The van der Waals surface area contributed by atoms with E-state index in [9.17, 15) is 4.39 Å². The van der Waals surface area contributed by atoms with Crippen LogP contribution in [0.2, 0.25) is 0 Å². The van der Waals surface area contributed by atoms with Crippen LogP contribution in [0.4, 0.5) is 10.1 Å². The summed E-state index contributed by atoms with van der Waals surface area (Å²) in [6.45, 7) is 6.06. The molecule has 1 aromatic rings. The van der Waals surface area contributed by atoms with E-state index >= 15 is 0 Å². The van der Waals surface area contributed by atoms with Gasteiger partial charge in [-0.3, -0.25) is 4.99 Å². The summed E-state index contributed by atoms with van der Waals surface area (Å²) in [5.41, 5.74) is 6.49. The average molecular weight is 290 g/mol. The van der Waals surface area contributed by atoms with Crippen LogP contribution in [-0.2, 0) is 0 Å². The van der Waals surface area contributed by atoms with Crippen LogP contribution in [-0.4, -0.2) is 42.6 Å². The number of hydrogen-bond acceptors (Lipinski definition) is 4. The Balaban J connectivity index is 1.85. The molecule has 0 amide bonds. The fourth-order valence-electron chi connectivity index (χ4n) is 3.52. The van der Waals surface area contributed by atoms with E-state index in [1.807, 2.05) is 11.0 Å². The highest BCUT2D eigenvalue weighted by molar-refractivity contribution is 5.98. The highest BCUT2D eigenvalue weighted by atomic mass is 19.1. The van der Waals surface area contributed by atoms with Crippen molar-refractivity contribution >= 4 is 11.6 Å². The lowest BCUT2D eigenvalue weighted by Gasteiger charge is -2.45. The number of hydrogen-bond donors (Lipinski definition) is 1. The Labute approximate surface area is 125 Å². The molecule has 1 aromatic carbocycles. The Bertz CT molecular complexity index is 535. The van der Waals surface area contributed by atoms with Crippen LogP contribution in [0.3, 0.4) is 0 Å². The number of aliphatic imine (C=N–C) groups is 1. The Morgan fingerprint density at radius 2 is 2.00 bits per heavy atom. The Hall–Kier alpha value is -1.62. The molecule has 0 unspecified atom stereocenters. The molecule has 1 spiro atoms. The van der Waals surface area contributed by atoms with Crippen LogP contribution in [0.15, 0.2) is 29.3 Å². The number of rotatable bonds is 3. The van der Waals surface area contributed by atoms with Crippen LogP contribution in [0.25, 0.3) is 0 Å². The Kier molecular flexibility index (Phi) is 3.85. The summed E-state index contributed by atoms with van der Waals surface area (Å²) in [6.07, 6.45) is 3.12. The first-order valence-electron chi connectivity index (χ1n) is 7.73. The van der Waals surface area contributed by atoms with Crippen molar-refractivity contribution in [3.05, 3.63) is 30.1 Å².